The van der Waals surface area contributed by atoms with Crippen LogP contribution in [0.2, 0.25) is 0 Å². The molecule has 1 aromatic rings. The van der Waals surface area contributed by atoms with Crippen molar-refractivity contribution < 1.29 is 4.42 Å². The summed E-state index contributed by atoms with van der Waals surface area (Å²) < 4.78 is 5.83. The van der Waals surface area contributed by atoms with Crippen LogP contribution in [0.3, 0.4) is 0 Å². The maximum atomic E-state index is 5.83. The molecule has 116 valence electrons. The van der Waals surface area contributed by atoms with E-state index in [1.807, 2.05) is 0 Å². The summed E-state index contributed by atoms with van der Waals surface area (Å²) in [4.78, 5) is 2.53. The fourth-order valence-corrected chi connectivity index (χ4v) is 2.54. The third-order valence-electron chi connectivity index (χ3n) is 4.13. The second-order valence-electron chi connectivity index (χ2n) is 5.58. The lowest BCUT2D eigenvalue weighted by molar-refractivity contribution is 0.225. The van der Waals surface area contributed by atoms with Gasteiger partial charge in [-0.3, -0.25) is 4.90 Å². The minimum atomic E-state index is 0.809. The van der Waals surface area contributed by atoms with Crippen molar-refractivity contribution in [2.75, 3.05) is 19.6 Å². The van der Waals surface area contributed by atoms with Gasteiger partial charge in [0.05, 0.1) is 6.54 Å². The third-order valence-corrected chi connectivity index (χ3v) is 4.13. The van der Waals surface area contributed by atoms with Crippen molar-refractivity contribution in [2.24, 2.45) is 5.92 Å². The van der Waals surface area contributed by atoms with Gasteiger partial charge in [0.1, 0.15) is 11.5 Å². The van der Waals surface area contributed by atoms with Gasteiger partial charge in [0.25, 0.3) is 0 Å². The highest BCUT2D eigenvalue weighted by Gasteiger charge is 2.14. The van der Waals surface area contributed by atoms with E-state index >= 15 is 0 Å². The van der Waals surface area contributed by atoms with Crippen LogP contribution in [0.1, 0.15) is 57.6 Å². The summed E-state index contributed by atoms with van der Waals surface area (Å²) in [5.41, 5.74) is 1.34. The first kappa shape index (κ1) is 17.3. The second-order valence-corrected chi connectivity index (χ2v) is 5.58. The fraction of sp³-hybridized carbons (Fsp3) is 0.765. The smallest absolute Gasteiger partial charge is 0.118 e. The highest BCUT2D eigenvalue weighted by molar-refractivity contribution is 5.20. The zero-order valence-corrected chi connectivity index (χ0v) is 14.0. The monoisotopic (exact) mass is 280 g/mol. The number of rotatable bonds is 10. The molecule has 0 radical (unpaired) electrons. The van der Waals surface area contributed by atoms with E-state index in [4.69, 9.17) is 4.42 Å². The number of aryl methyl sites for hydroxylation is 1. The highest BCUT2D eigenvalue weighted by atomic mass is 16.3. The first-order chi connectivity index (χ1) is 9.64. The van der Waals surface area contributed by atoms with E-state index in [1.54, 1.807) is 0 Å². The summed E-state index contributed by atoms with van der Waals surface area (Å²) in [5.74, 6) is 2.93. The van der Waals surface area contributed by atoms with Crippen LogP contribution < -0.4 is 5.32 Å². The second kappa shape index (κ2) is 9.19. The van der Waals surface area contributed by atoms with Crippen LogP contribution in [0.25, 0.3) is 0 Å². The molecule has 1 heterocycles. The quantitative estimate of drug-likeness (QED) is 0.703. The molecule has 0 spiro atoms. The van der Waals surface area contributed by atoms with Crippen LogP contribution in [0, 0.1) is 12.8 Å². The average molecular weight is 280 g/mol. The maximum absolute atomic E-state index is 5.83. The molecule has 1 rings (SSSR count). The summed E-state index contributed by atoms with van der Waals surface area (Å²) >= 11 is 0. The normalized spacial score (nSPS) is 11.8. The zero-order chi connectivity index (χ0) is 15.0. The van der Waals surface area contributed by atoms with Crippen molar-refractivity contribution in [1.29, 1.82) is 0 Å². The minimum absolute atomic E-state index is 0.809. The van der Waals surface area contributed by atoms with Gasteiger partial charge in [-0.25, -0.2) is 0 Å². The molecule has 1 aromatic heterocycles. The molecule has 0 aromatic carbocycles. The molecular weight excluding hydrogens is 248 g/mol. The lowest BCUT2D eigenvalue weighted by Crippen LogP contribution is -2.28. The summed E-state index contributed by atoms with van der Waals surface area (Å²) in [5, 5.41) is 3.32. The number of nitrogens with one attached hydrogen (secondary N) is 1. The van der Waals surface area contributed by atoms with Crippen molar-refractivity contribution in [3.63, 3.8) is 0 Å². The molecule has 20 heavy (non-hydrogen) atoms. The van der Waals surface area contributed by atoms with E-state index in [2.05, 4.69) is 50.9 Å². The molecule has 0 saturated heterocycles. The van der Waals surface area contributed by atoms with Crippen molar-refractivity contribution in [2.45, 2.75) is 60.5 Å². The van der Waals surface area contributed by atoms with Crippen molar-refractivity contribution >= 4 is 0 Å². The molecule has 0 aliphatic rings. The van der Waals surface area contributed by atoms with E-state index in [-0.39, 0.29) is 0 Å². The van der Waals surface area contributed by atoms with Gasteiger partial charge in [-0.15, -0.1) is 0 Å². The Labute approximate surface area is 124 Å². The Morgan fingerprint density at radius 3 is 2.45 bits per heavy atom. The lowest BCUT2D eigenvalue weighted by atomic mass is 10.0. The molecule has 0 fully saturated rings. The van der Waals surface area contributed by atoms with Crippen LogP contribution in [-0.4, -0.2) is 24.5 Å². The van der Waals surface area contributed by atoms with Crippen LogP contribution in [0.4, 0.5) is 0 Å². The Hall–Kier alpha value is -0.800. The van der Waals surface area contributed by atoms with Gasteiger partial charge in [-0.05, 0) is 32.0 Å². The fourth-order valence-electron chi connectivity index (χ4n) is 2.54. The van der Waals surface area contributed by atoms with Crippen molar-refractivity contribution in [1.82, 2.24) is 10.2 Å². The molecule has 0 aliphatic heterocycles. The average Bonchev–Trinajstić information content (AvgIpc) is 2.81. The summed E-state index contributed by atoms with van der Waals surface area (Å²) in [6.07, 6.45) is 2.53. The topological polar surface area (TPSA) is 28.4 Å². The highest BCUT2D eigenvalue weighted by Crippen LogP contribution is 2.18. The van der Waals surface area contributed by atoms with Gasteiger partial charge in [-0.2, -0.15) is 0 Å². The largest absolute Gasteiger partial charge is 0.465 e. The van der Waals surface area contributed by atoms with Gasteiger partial charge in [0.15, 0.2) is 0 Å². The Bertz CT molecular complexity index is 369. The third kappa shape index (κ3) is 5.29. The van der Waals surface area contributed by atoms with Crippen molar-refractivity contribution in [3.05, 3.63) is 23.2 Å². The standard InChI is InChI=1S/C17H32N2O/c1-6-15(7-2)12-19(9-4)13-16-10-17(11-18-8-3)20-14(16)5/h10,15,18H,6-9,11-13H2,1-5H3. The Morgan fingerprint density at radius 2 is 1.90 bits per heavy atom. The van der Waals surface area contributed by atoms with E-state index < -0.39 is 0 Å². The molecule has 0 bridgehead atoms. The minimum Gasteiger partial charge on any atom is -0.465 e. The molecule has 0 saturated carbocycles. The van der Waals surface area contributed by atoms with Crippen molar-refractivity contribution in [3.8, 4) is 0 Å². The molecule has 3 nitrogen and oxygen atoms in total. The summed E-state index contributed by atoms with van der Waals surface area (Å²) in [7, 11) is 0. The van der Waals surface area contributed by atoms with E-state index in [1.165, 1.54) is 24.9 Å². The molecule has 1 N–H and O–H groups in total. The van der Waals surface area contributed by atoms with Crippen LogP contribution >= 0.6 is 0 Å². The summed E-state index contributed by atoms with van der Waals surface area (Å²) in [6.45, 7) is 16.1. The first-order valence-electron chi connectivity index (χ1n) is 8.15. The number of nitrogens with zero attached hydrogens (tertiary/aromatic N) is 1. The van der Waals surface area contributed by atoms with E-state index in [9.17, 15) is 0 Å². The van der Waals surface area contributed by atoms with Gasteiger partial charge in [0, 0.05) is 18.7 Å². The zero-order valence-electron chi connectivity index (χ0n) is 14.0. The number of hydrogen-bond acceptors (Lipinski definition) is 3. The summed E-state index contributed by atoms with van der Waals surface area (Å²) in [6, 6.07) is 2.22. The number of furan rings is 1. The molecule has 3 heteroatoms. The van der Waals surface area contributed by atoms with Gasteiger partial charge >= 0.3 is 0 Å². The van der Waals surface area contributed by atoms with Crippen LogP contribution in [-0.2, 0) is 13.1 Å². The molecular formula is C17H32N2O. The van der Waals surface area contributed by atoms with Crippen LogP contribution in [0.5, 0.6) is 0 Å². The predicted molar refractivity (Wildman–Crippen MR) is 85.8 cm³/mol. The number of hydrogen-bond donors (Lipinski definition) is 1. The first-order valence-corrected chi connectivity index (χ1v) is 8.15. The lowest BCUT2D eigenvalue weighted by Gasteiger charge is -2.24. The molecule has 0 atom stereocenters. The van der Waals surface area contributed by atoms with E-state index in [0.29, 0.717) is 0 Å². The molecule has 0 aliphatic carbocycles. The molecule has 0 unspecified atom stereocenters. The Balaban J connectivity index is 2.62. The SMILES string of the molecule is CCNCc1cc(CN(CC)CC(CC)CC)c(C)o1. The van der Waals surface area contributed by atoms with Gasteiger partial charge in [-0.1, -0.05) is 40.5 Å². The Morgan fingerprint density at radius 1 is 1.20 bits per heavy atom. The van der Waals surface area contributed by atoms with Gasteiger partial charge < -0.3 is 9.73 Å². The van der Waals surface area contributed by atoms with Gasteiger partial charge in [0.2, 0.25) is 0 Å². The maximum Gasteiger partial charge on any atom is 0.118 e. The predicted octanol–water partition coefficient (Wildman–Crippen LogP) is 3.96. The van der Waals surface area contributed by atoms with E-state index in [0.717, 1.165) is 43.6 Å². The Kier molecular flexibility index (Phi) is 7.93. The molecule has 0 amide bonds. The van der Waals surface area contributed by atoms with Crippen LogP contribution in [0.15, 0.2) is 10.5 Å².